The number of nitro groups is 1. The van der Waals surface area contributed by atoms with Gasteiger partial charge in [0.05, 0.1) is 25.1 Å². The minimum Gasteiger partial charge on any atom is -0.466 e. The molecule has 0 bridgehead atoms. The van der Waals surface area contributed by atoms with E-state index in [0.717, 1.165) is 20.3 Å². The van der Waals surface area contributed by atoms with Crippen LogP contribution in [0.1, 0.15) is 11.5 Å². The number of carbonyl (C=O) groups excluding carboxylic acids is 2. The van der Waals surface area contributed by atoms with Gasteiger partial charge in [0.2, 0.25) is 0 Å². The quantitative estimate of drug-likeness (QED) is 0.273. The number of methoxy groups -OCH3 is 2. The van der Waals surface area contributed by atoms with Crippen molar-refractivity contribution in [2.45, 2.75) is 11.5 Å². The average Bonchev–Trinajstić information content (AvgIpc) is 2.53. The van der Waals surface area contributed by atoms with Gasteiger partial charge in [-0.25, -0.2) is 9.59 Å². The Labute approximate surface area is 126 Å². The second kappa shape index (κ2) is 6.81. The van der Waals surface area contributed by atoms with E-state index in [-0.39, 0.29) is 11.3 Å². The van der Waals surface area contributed by atoms with Crippen LogP contribution in [0.3, 0.4) is 0 Å². The van der Waals surface area contributed by atoms with E-state index in [2.05, 4.69) is 16.1 Å². The van der Waals surface area contributed by atoms with Gasteiger partial charge in [0, 0.05) is 12.1 Å². The molecule has 0 aromatic heterocycles. The van der Waals surface area contributed by atoms with E-state index in [9.17, 15) is 24.8 Å². The molecule has 0 saturated carbocycles. The molecule has 1 aromatic carbocycles. The van der Waals surface area contributed by atoms with Crippen molar-refractivity contribution in [3.8, 4) is 0 Å². The van der Waals surface area contributed by atoms with Crippen molar-refractivity contribution in [1.82, 2.24) is 0 Å². The zero-order valence-electron chi connectivity index (χ0n) is 12.0. The summed E-state index contributed by atoms with van der Waals surface area (Å²) in [6.45, 7) is 3.49. The van der Waals surface area contributed by atoms with Gasteiger partial charge in [-0.3, -0.25) is 10.1 Å². The number of nitrogens with zero attached hydrogens (tertiary/aromatic N) is 1. The van der Waals surface area contributed by atoms with Crippen molar-refractivity contribution in [2.75, 3.05) is 14.2 Å². The highest BCUT2D eigenvalue weighted by Gasteiger charge is 2.53. The highest BCUT2D eigenvalue weighted by atomic mass is 16.6. The smallest absolute Gasteiger partial charge is 0.350 e. The molecule has 0 unspecified atom stereocenters. The molecule has 0 aliphatic rings. The lowest BCUT2D eigenvalue weighted by atomic mass is 9.82. The molecule has 1 atom stereocenters. The lowest BCUT2D eigenvalue weighted by Crippen LogP contribution is -2.52. The molecule has 0 radical (unpaired) electrons. The van der Waals surface area contributed by atoms with Gasteiger partial charge in [-0.1, -0.05) is 18.2 Å². The van der Waals surface area contributed by atoms with Gasteiger partial charge in [0.15, 0.2) is 0 Å². The van der Waals surface area contributed by atoms with Gasteiger partial charge in [-0.05, 0) is 5.56 Å². The van der Waals surface area contributed by atoms with Crippen LogP contribution in [0.15, 0.2) is 36.9 Å². The first kappa shape index (κ1) is 17.3. The number of esters is 2. The summed E-state index contributed by atoms with van der Waals surface area (Å²) >= 11 is 0. The molecule has 8 heteroatoms. The second-order valence-electron chi connectivity index (χ2n) is 4.31. The molecule has 0 amide bonds. The number of rotatable bonds is 6. The molecule has 22 heavy (non-hydrogen) atoms. The van der Waals surface area contributed by atoms with Crippen molar-refractivity contribution in [3.63, 3.8) is 0 Å². The second-order valence-corrected chi connectivity index (χ2v) is 4.31. The van der Waals surface area contributed by atoms with E-state index in [1.54, 1.807) is 0 Å². The SMILES string of the molecule is C=C[C@H](c1ccc([N+](=O)[O-])cc1)C(O)(C(=O)OC)C(=O)OC. The fraction of sp³-hybridized carbons (Fsp3) is 0.286. The number of ether oxygens (including phenoxy) is 2. The third kappa shape index (κ3) is 2.96. The van der Waals surface area contributed by atoms with Crippen LogP contribution in [-0.4, -0.2) is 41.8 Å². The van der Waals surface area contributed by atoms with Crippen molar-refractivity contribution in [1.29, 1.82) is 0 Å². The molecule has 1 N–H and O–H groups in total. The number of non-ortho nitro benzene ring substituents is 1. The van der Waals surface area contributed by atoms with Crippen molar-refractivity contribution < 1.29 is 29.1 Å². The number of hydrogen-bond acceptors (Lipinski definition) is 7. The topological polar surface area (TPSA) is 116 Å². The standard InChI is InChI=1S/C14H15NO7/c1-4-11(9-5-7-10(8-6-9)15(19)20)14(18,12(16)21-2)13(17)22-3/h4-8,11,18H,1H2,2-3H3/t11-/m1/s1. The van der Waals surface area contributed by atoms with E-state index in [0.29, 0.717) is 0 Å². The maximum absolute atomic E-state index is 11.9. The Bertz CT molecular complexity index is 578. The molecule has 0 saturated heterocycles. The largest absolute Gasteiger partial charge is 0.466 e. The molecular formula is C14H15NO7. The first-order chi connectivity index (χ1) is 10.3. The van der Waals surface area contributed by atoms with Crippen LogP contribution >= 0.6 is 0 Å². The molecule has 0 heterocycles. The van der Waals surface area contributed by atoms with Gasteiger partial charge in [-0.2, -0.15) is 0 Å². The van der Waals surface area contributed by atoms with Crippen molar-refractivity contribution in [2.24, 2.45) is 0 Å². The Balaban J connectivity index is 3.36. The summed E-state index contributed by atoms with van der Waals surface area (Å²) in [6.07, 6.45) is 1.16. The fourth-order valence-electron chi connectivity index (χ4n) is 2.00. The highest BCUT2D eigenvalue weighted by molar-refractivity contribution is 6.04. The Morgan fingerprint density at radius 1 is 1.27 bits per heavy atom. The molecule has 8 nitrogen and oxygen atoms in total. The lowest BCUT2D eigenvalue weighted by molar-refractivity contribution is -0.384. The monoisotopic (exact) mass is 309 g/mol. The van der Waals surface area contributed by atoms with Crippen LogP contribution < -0.4 is 0 Å². The Morgan fingerprint density at radius 2 is 1.73 bits per heavy atom. The Hall–Kier alpha value is -2.74. The van der Waals surface area contributed by atoms with E-state index in [1.807, 2.05) is 0 Å². The van der Waals surface area contributed by atoms with Crippen LogP contribution in [-0.2, 0) is 19.1 Å². The van der Waals surface area contributed by atoms with Crippen molar-refractivity contribution >= 4 is 17.6 Å². The van der Waals surface area contributed by atoms with E-state index in [4.69, 9.17) is 0 Å². The van der Waals surface area contributed by atoms with Gasteiger partial charge in [0.25, 0.3) is 11.3 Å². The minimum absolute atomic E-state index is 0.175. The molecule has 1 rings (SSSR count). The number of benzene rings is 1. The fourth-order valence-corrected chi connectivity index (χ4v) is 2.00. The van der Waals surface area contributed by atoms with Crippen molar-refractivity contribution in [3.05, 3.63) is 52.6 Å². The van der Waals surface area contributed by atoms with E-state index in [1.165, 1.54) is 24.3 Å². The molecule has 118 valence electrons. The average molecular weight is 309 g/mol. The molecule has 0 aliphatic heterocycles. The van der Waals surface area contributed by atoms with Crippen LogP contribution in [0.4, 0.5) is 5.69 Å². The Morgan fingerprint density at radius 3 is 2.05 bits per heavy atom. The minimum atomic E-state index is -2.64. The van der Waals surface area contributed by atoms with Gasteiger partial charge in [-0.15, -0.1) is 6.58 Å². The lowest BCUT2D eigenvalue weighted by Gasteiger charge is -2.29. The van der Waals surface area contributed by atoms with Crippen LogP contribution in [0, 0.1) is 10.1 Å². The highest BCUT2D eigenvalue weighted by Crippen LogP contribution is 2.33. The third-order valence-electron chi connectivity index (χ3n) is 3.14. The zero-order chi connectivity index (χ0) is 16.9. The summed E-state index contributed by atoms with van der Waals surface area (Å²) in [5.74, 6) is -3.64. The first-order valence-electron chi connectivity index (χ1n) is 6.09. The first-order valence-corrected chi connectivity index (χ1v) is 6.09. The summed E-state index contributed by atoms with van der Waals surface area (Å²) in [5, 5.41) is 21.1. The zero-order valence-corrected chi connectivity index (χ0v) is 12.0. The number of aliphatic hydroxyl groups is 1. The third-order valence-corrected chi connectivity index (χ3v) is 3.14. The molecule has 1 aromatic rings. The maximum atomic E-state index is 11.9. The van der Waals surface area contributed by atoms with Crippen LogP contribution in [0.2, 0.25) is 0 Å². The normalized spacial score (nSPS) is 12.1. The maximum Gasteiger partial charge on any atom is 0.350 e. The summed E-state index contributed by atoms with van der Waals surface area (Å²) in [5.41, 5.74) is -2.55. The molecule has 0 aliphatic carbocycles. The van der Waals surface area contributed by atoms with Gasteiger partial charge >= 0.3 is 11.9 Å². The number of hydrogen-bond donors (Lipinski definition) is 1. The predicted molar refractivity (Wildman–Crippen MR) is 75.0 cm³/mol. The molecular weight excluding hydrogens is 294 g/mol. The Kier molecular flexibility index (Phi) is 5.36. The predicted octanol–water partition coefficient (Wildman–Crippen LogP) is 0.942. The summed E-state index contributed by atoms with van der Waals surface area (Å²) in [6, 6.07) is 4.98. The molecule has 0 fully saturated rings. The summed E-state index contributed by atoms with van der Waals surface area (Å²) in [7, 11) is 2.01. The summed E-state index contributed by atoms with van der Waals surface area (Å²) < 4.78 is 8.92. The van der Waals surface area contributed by atoms with Crippen LogP contribution in [0.25, 0.3) is 0 Å². The summed E-state index contributed by atoms with van der Waals surface area (Å²) in [4.78, 5) is 33.8. The van der Waals surface area contributed by atoms with E-state index >= 15 is 0 Å². The number of carbonyl (C=O) groups is 2. The van der Waals surface area contributed by atoms with Gasteiger partial charge in [0.1, 0.15) is 0 Å². The van der Waals surface area contributed by atoms with Gasteiger partial charge < -0.3 is 14.6 Å². The molecule has 0 spiro atoms. The number of nitro benzene ring substituents is 1. The van der Waals surface area contributed by atoms with Crippen LogP contribution in [0.5, 0.6) is 0 Å². The van der Waals surface area contributed by atoms with E-state index < -0.39 is 28.4 Å².